The van der Waals surface area contributed by atoms with Crippen LogP contribution in [0.15, 0.2) is 48.5 Å². The van der Waals surface area contributed by atoms with Crippen molar-refractivity contribution in [2.45, 2.75) is 12.2 Å². The molecular weight excluding hydrogens is 760 g/mol. The number of anilines is 2. The molecule has 2 aromatic carbocycles. The Hall–Kier alpha value is -5.84. The summed E-state index contributed by atoms with van der Waals surface area (Å²) in [7, 11) is 0.183. The number of hydrogen-bond donors (Lipinski definition) is 4. The van der Waals surface area contributed by atoms with E-state index in [4.69, 9.17) is 25.0 Å². The zero-order valence-electron chi connectivity index (χ0n) is 31.1. The molecule has 2 atom stereocenters. The van der Waals surface area contributed by atoms with E-state index < -0.39 is 40.6 Å². The van der Waals surface area contributed by atoms with Crippen LogP contribution in [-0.4, -0.2) is 159 Å². The van der Waals surface area contributed by atoms with Crippen LogP contribution in [0.3, 0.4) is 0 Å². The Kier molecular flexibility index (Phi) is 15.1. The molecule has 21 nitrogen and oxygen atoms in total. The number of benzene rings is 2. The van der Waals surface area contributed by atoms with E-state index >= 15 is 0 Å². The van der Waals surface area contributed by atoms with Crippen LogP contribution in [0.1, 0.15) is 11.1 Å². The van der Waals surface area contributed by atoms with Gasteiger partial charge in [0.25, 0.3) is 10.1 Å². The molecule has 2 aromatic rings. The fraction of sp³-hybridized carbons (Fsp3) is 0.441. The van der Waals surface area contributed by atoms with Gasteiger partial charge in [0.2, 0.25) is 0 Å². The van der Waals surface area contributed by atoms with Crippen molar-refractivity contribution in [3.8, 4) is 0 Å². The SMILES string of the molecule is COC(=O)CN1CCN(CC2CN(c3ccc(C(=N)NC(=O)OC)cc3)C(=O)O2)CC1.COC(=O)NC(=N)c1ccc(N2CC(COS(C)(=O)=O)OC2=O)cc1. The Labute approximate surface area is 322 Å². The van der Waals surface area contributed by atoms with E-state index in [2.05, 4.69) is 29.2 Å². The van der Waals surface area contributed by atoms with E-state index in [9.17, 15) is 32.4 Å². The Morgan fingerprint density at radius 2 is 1.14 bits per heavy atom. The van der Waals surface area contributed by atoms with Crippen LogP contribution in [0.4, 0.5) is 30.6 Å². The smallest absolute Gasteiger partial charge is 0.414 e. The largest absolute Gasteiger partial charge is 0.468 e. The van der Waals surface area contributed by atoms with Gasteiger partial charge in [0.05, 0.1) is 47.2 Å². The van der Waals surface area contributed by atoms with Gasteiger partial charge < -0.3 is 23.7 Å². The molecule has 2 unspecified atom stereocenters. The normalized spacial score (nSPS) is 18.5. The number of hydrogen-bond acceptors (Lipinski definition) is 17. The van der Waals surface area contributed by atoms with Gasteiger partial charge in [-0.15, -0.1) is 0 Å². The number of amides is 4. The zero-order valence-corrected chi connectivity index (χ0v) is 32.0. The number of carbonyl (C=O) groups is 5. The number of nitrogens with zero attached hydrogens (tertiary/aromatic N) is 4. The van der Waals surface area contributed by atoms with Gasteiger partial charge >= 0.3 is 30.3 Å². The highest BCUT2D eigenvalue weighted by Crippen LogP contribution is 2.24. The number of ether oxygens (including phenoxy) is 5. The van der Waals surface area contributed by atoms with E-state index in [-0.39, 0.29) is 36.9 Å². The van der Waals surface area contributed by atoms with Gasteiger partial charge in [-0.3, -0.25) is 50.0 Å². The standard InChI is InChI=1S/C20H27N5O6.C14H17N3O7S/c1-29-17(26)13-24-9-7-23(8-10-24)11-16-12-25(20(28)31-16)15-5-3-14(4-6-15)18(21)22-19(27)30-2;1-22-13(18)16-12(15)9-3-5-10(6-4-9)17-7-11(24-14(17)19)8-23-25(2,20)21/h3-6,16H,7-13H2,1-2H3,(H2,21,22,27);3-6,11H,7-8H2,1-2H3,(H2,15,16,18). The molecule has 5 rings (SSSR count). The third kappa shape index (κ3) is 12.6. The minimum absolute atomic E-state index is 0.0911. The molecular formula is C34H44N8O13S. The molecule has 3 saturated heterocycles. The van der Waals surface area contributed by atoms with Crippen LogP contribution in [0.25, 0.3) is 0 Å². The number of nitrogens with one attached hydrogen (secondary N) is 4. The molecule has 0 aliphatic carbocycles. The average Bonchev–Trinajstić information content (AvgIpc) is 3.75. The maximum Gasteiger partial charge on any atom is 0.414 e. The molecule has 0 radical (unpaired) electrons. The molecule has 3 heterocycles. The van der Waals surface area contributed by atoms with Crippen molar-refractivity contribution in [2.75, 3.05) is 96.3 Å². The first-order chi connectivity index (χ1) is 26.6. The Balaban J connectivity index is 0.000000255. The van der Waals surface area contributed by atoms with E-state index in [0.29, 0.717) is 42.1 Å². The minimum atomic E-state index is -3.62. The first-order valence-corrected chi connectivity index (χ1v) is 18.8. The number of carbonyl (C=O) groups excluding carboxylic acids is 5. The minimum Gasteiger partial charge on any atom is -0.468 e. The summed E-state index contributed by atoms with van der Waals surface area (Å²) in [5.74, 6) is -0.482. The Morgan fingerprint density at radius 1 is 0.714 bits per heavy atom. The second-order valence-corrected chi connectivity index (χ2v) is 14.1. The number of amidine groups is 2. The highest BCUT2D eigenvalue weighted by molar-refractivity contribution is 7.85. The second-order valence-electron chi connectivity index (χ2n) is 12.5. The summed E-state index contributed by atoms with van der Waals surface area (Å²) in [5.41, 5.74) is 2.06. The lowest BCUT2D eigenvalue weighted by Gasteiger charge is -2.34. The van der Waals surface area contributed by atoms with Gasteiger partial charge in [0.1, 0.15) is 30.5 Å². The molecule has 3 aliphatic heterocycles. The first-order valence-electron chi connectivity index (χ1n) is 17.0. The predicted octanol–water partition coefficient (Wildman–Crippen LogP) is 1.15. The maximum atomic E-state index is 12.3. The molecule has 4 N–H and O–H groups in total. The van der Waals surface area contributed by atoms with E-state index in [1.54, 1.807) is 53.4 Å². The van der Waals surface area contributed by atoms with E-state index in [1.165, 1.54) is 26.2 Å². The molecule has 56 heavy (non-hydrogen) atoms. The van der Waals surface area contributed by atoms with Gasteiger partial charge in [-0.2, -0.15) is 8.42 Å². The molecule has 4 amide bonds. The quantitative estimate of drug-likeness (QED) is 0.0817. The summed E-state index contributed by atoms with van der Waals surface area (Å²) in [5, 5.41) is 20.1. The fourth-order valence-corrected chi connectivity index (χ4v) is 5.98. The highest BCUT2D eigenvalue weighted by atomic mass is 32.2. The predicted molar refractivity (Wildman–Crippen MR) is 199 cm³/mol. The Morgan fingerprint density at radius 3 is 1.57 bits per heavy atom. The fourth-order valence-electron chi connectivity index (χ4n) is 5.58. The number of cyclic esters (lactones) is 2. The third-order valence-electron chi connectivity index (χ3n) is 8.48. The van der Waals surface area contributed by atoms with Gasteiger partial charge in [-0.25, -0.2) is 19.2 Å². The second kappa shape index (κ2) is 19.7. The van der Waals surface area contributed by atoms with Gasteiger partial charge in [-0.05, 0) is 48.5 Å². The number of esters is 1. The molecule has 0 bridgehead atoms. The van der Waals surface area contributed by atoms with Crippen LogP contribution in [0.2, 0.25) is 0 Å². The van der Waals surface area contributed by atoms with Crippen LogP contribution in [-0.2, 0) is 42.8 Å². The average molecular weight is 805 g/mol. The number of piperazine rings is 1. The lowest BCUT2D eigenvalue weighted by Crippen LogP contribution is -2.50. The third-order valence-corrected chi connectivity index (χ3v) is 9.05. The van der Waals surface area contributed by atoms with Gasteiger partial charge in [0, 0.05) is 55.2 Å². The van der Waals surface area contributed by atoms with Crippen LogP contribution in [0, 0.1) is 10.8 Å². The molecule has 3 aliphatic rings. The van der Waals surface area contributed by atoms with Crippen molar-refractivity contribution in [3.05, 3.63) is 59.7 Å². The number of methoxy groups -OCH3 is 3. The topological polar surface area (TPSA) is 260 Å². The maximum absolute atomic E-state index is 12.3. The van der Waals surface area contributed by atoms with Crippen LogP contribution in [0.5, 0.6) is 0 Å². The summed E-state index contributed by atoms with van der Waals surface area (Å²) in [6.07, 6.45) is -2.56. The lowest BCUT2D eigenvalue weighted by atomic mass is 10.1. The monoisotopic (exact) mass is 804 g/mol. The number of alkyl carbamates (subject to hydrolysis) is 2. The summed E-state index contributed by atoms with van der Waals surface area (Å²) < 4.78 is 50.8. The summed E-state index contributed by atoms with van der Waals surface area (Å²) >= 11 is 0. The van der Waals surface area contributed by atoms with E-state index in [0.717, 1.165) is 32.4 Å². The molecule has 0 aromatic heterocycles. The van der Waals surface area contributed by atoms with Crippen molar-refractivity contribution in [3.63, 3.8) is 0 Å². The summed E-state index contributed by atoms with van der Waals surface area (Å²) in [6, 6.07) is 12.9. The molecule has 0 saturated carbocycles. The molecule has 0 spiro atoms. The molecule has 304 valence electrons. The van der Waals surface area contributed by atoms with Crippen molar-refractivity contribution in [1.82, 2.24) is 20.4 Å². The van der Waals surface area contributed by atoms with Crippen molar-refractivity contribution in [2.24, 2.45) is 0 Å². The van der Waals surface area contributed by atoms with Crippen molar-refractivity contribution in [1.29, 1.82) is 10.8 Å². The van der Waals surface area contributed by atoms with Crippen LogP contribution >= 0.6 is 0 Å². The Bertz CT molecular complexity index is 1870. The van der Waals surface area contributed by atoms with Gasteiger partial charge in [-0.1, -0.05) is 0 Å². The lowest BCUT2D eigenvalue weighted by molar-refractivity contribution is -0.142. The number of rotatable bonds is 11. The molecule has 3 fully saturated rings. The summed E-state index contributed by atoms with van der Waals surface area (Å²) in [4.78, 5) is 65.1. The van der Waals surface area contributed by atoms with Crippen LogP contribution < -0.4 is 20.4 Å². The van der Waals surface area contributed by atoms with Crippen molar-refractivity contribution < 1.29 is 60.3 Å². The summed E-state index contributed by atoms with van der Waals surface area (Å²) in [6.45, 7) is 4.30. The van der Waals surface area contributed by atoms with Gasteiger partial charge in [0.15, 0.2) is 0 Å². The highest BCUT2D eigenvalue weighted by Gasteiger charge is 2.35. The molecule has 22 heteroatoms. The first kappa shape index (κ1) is 42.9. The zero-order chi connectivity index (χ0) is 41.0. The van der Waals surface area contributed by atoms with Crippen molar-refractivity contribution >= 4 is 63.5 Å². The van der Waals surface area contributed by atoms with E-state index in [1.807, 2.05) is 4.90 Å².